The van der Waals surface area contributed by atoms with Gasteiger partial charge in [0.05, 0.1) is 22.4 Å². The number of fused-ring (bicyclic) bond motifs is 4. The van der Waals surface area contributed by atoms with Gasteiger partial charge in [-0.2, -0.15) is 0 Å². The van der Waals surface area contributed by atoms with Crippen LogP contribution in [0.3, 0.4) is 0 Å². The second-order valence-corrected chi connectivity index (χ2v) is 18.3. The standard InChI is InChI=1S/C34H34NO.C25H24FN2.Ir/c1-21-9-11-27-28-7-6-8-29(33(28)36-32(27)17-21)31-19-30(23(3)20-35-31)26-12-10-25(18-22(26)2)24-13-15-34(4,5)16-14-24;1-16(2)20-8-7-9-21(17(3)4)24(20)28-23-11-6-5-10-22(23)27-25(28)18-12-14-19(26)15-13-18;/h6-7,9-12,17-20,24H,13-16H2,1-5H3;5-12,14-17H,1-4H3;/q2*-1;/i1D3,2D3,3D3,24D;;. The molecule has 0 amide bonds. The Hall–Kier alpha value is -5.68. The molecule has 0 unspecified atom stereocenters. The predicted molar refractivity (Wildman–Crippen MR) is 264 cm³/mol. The molecule has 0 saturated heterocycles. The Kier molecular flexibility index (Phi) is 9.95. The Morgan fingerprint density at radius 3 is 2.28 bits per heavy atom. The minimum Gasteiger partial charge on any atom is -0.501 e. The van der Waals surface area contributed by atoms with Crippen molar-refractivity contribution >= 4 is 33.0 Å². The number of imidazole rings is 1. The van der Waals surface area contributed by atoms with E-state index in [4.69, 9.17) is 21.7 Å². The summed E-state index contributed by atoms with van der Waals surface area (Å²) < 4.78 is 105. The Morgan fingerprint density at radius 2 is 1.57 bits per heavy atom. The predicted octanol–water partition coefficient (Wildman–Crippen LogP) is 16.6. The van der Waals surface area contributed by atoms with Crippen LogP contribution in [0.15, 0.2) is 126 Å². The van der Waals surface area contributed by atoms with E-state index in [1.807, 2.05) is 18.2 Å². The van der Waals surface area contributed by atoms with Crippen LogP contribution in [0.1, 0.15) is 132 Å². The SMILES string of the molecule is CC(C)c1cccc(C(C)C)c1-n1c(-c2[c-]cc(F)cc2)nc2ccccc21.[2H]C([2H])([2H])c1ccc2c(c1)oc1c(-c3cc(-c4ccc(C5([2H])CCC(C)(C)CC5)cc4C([2H])([2H])[2H])c(C([2H])([2H])[2H])cn3)[c-]ccc12.[Ir]. The van der Waals surface area contributed by atoms with Crippen LogP contribution in [0, 0.1) is 43.9 Å². The normalized spacial score (nSPS) is 17.3. The molecule has 6 heteroatoms. The third-order valence-corrected chi connectivity index (χ3v) is 12.7. The number of nitrogens with zero attached hydrogens (tertiary/aromatic N) is 3. The first-order chi connectivity index (χ1) is 34.7. The molecule has 10 rings (SSSR count). The fraction of sp³-hybridized carbons (Fsp3) is 0.288. The molecule has 0 atom stereocenters. The van der Waals surface area contributed by atoms with Gasteiger partial charge < -0.3 is 14.0 Å². The summed E-state index contributed by atoms with van der Waals surface area (Å²) in [6.07, 6.45) is 4.14. The van der Waals surface area contributed by atoms with E-state index in [9.17, 15) is 5.76 Å². The largest absolute Gasteiger partial charge is 0.501 e. The summed E-state index contributed by atoms with van der Waals surface area (Å²) in [5, 5.41) is 1.40. The number of furan rings is 1. The number of halogens is 1. The molecule has 0 bridgehead atoms. The molecule has 1 aliphatic rings. The van der Waals surface area contributed by atoms with Crippen molar-refractivity contribution < 1.29 is 42.6 Å². The van der Waals surface area contributed by atoms with E-state index in [1.54, 1.807) is 48.5 Å². The minimum atomic E-state index is -2.60. The molecule has 0 spiro atoms. The summed E-state index contributed by atoms with van der Waals surface area (Å²) in [4.78, 5) is 9.37. The van der Waals surface area contributed by atoms with E-state index in [0.29, 0.717) is 63.4 Å². The van der Waals surface area contributed by atoms with Gasteiger partial charge in [-0.1, -0.05) is 119 Å². The van der Waals surface area contributed by atoms with Gasteiger partial charge in [-0.05, 0) is 138 Å². The molecular formula is C59H58FIrN3O-2. The van der Waals surface area contributed by atoms with Crippen LogP contribution in [-0.4, -0.2) is 14.5 Å². The van der Waals surface area contributed by atoms with Crippen molar-refractivity contribution in [2.24, 2.45) is 5.41 Å². The smallest absolute Gasteiger partial charge is 0.121 e. The number of aryl methyl sites for hydroxylation is 3. The molecule has 333 valence electrons. The number of hydrogen-bond donors (Lipinski definition) is 0. The van der Waals surface area contributed by atoms with Gasteiger partial charge in [0.25, 0.3) is 0 Å². The van der Waals surface area contributed by atoms with E-state index in [0.717, 1.165) is 35.3 Å². The quantitative estimate of drug-likeness (QED) is 0.149. The Balaban J connectivity index is 0.000000220. The van der Waals surface area contributed by atoms with Crippen molar-refractivity contribution in [2.45, 2.75) is 106 Å². The van der Waals surface area contributed by atoms with Crippen molar-refractivity contribution in [1.82, 2.24) is 14.5 Å². The van der Waals surface area contributed by atoms with Gasteiger partial charge in [-0.3, -0.25) is 9.37 Å². The summed E-state index contributed by atoms with van der Waals surface area (Å²) in [5.41, 5.74) is 9.15. The molecule has 0 aliphatic heterocycles. The first-order valence-corrected chi connectivity index (χ1v) is 22.1. The Labute approximate surface area is 411 Å². The number of rotatable bonds is 7. The molecule has 1 fully saturated rings. The molecule has 3 heterocycles. The number of pyridine rings is 1. The molecule has 1 saturated carbocycles. The van der Waals surface area contributed by atoms with Crippen molar-refractivity contribution in [1.29, 1.82) is 0 Å². The molecule has 65 heavy (non-hydrogen) atoms. The molecule has 9 aromatic rings. The summed E-state index contributed by atoms with van der Waals surface area (Å²) in [7, 11) is 0. The summed E-state index contributed by atoms with van der Waals surface area (Å²) in [6.45, 7) is 5.72. The van der Waals surface area contributed by atoms with Gasteiger partial charge in [0.15, 0.2) is 0 Å². The zero-order valence-electron chi connectivity index (χ0n) is 47.5. The van der Waals surface area contributed by atoms with E-state index in [-0.39, 0.29) is 59.2 Å². The summed E-state index contributed by atoms with van der Waals surface area (Å²) in [5.74, 6) is 0.281. The van der Waals surface area contributed by atoms with Crippen LogP contribution < -0.4 is 0 Å². The van der Waals surface area contributed by atoms with Crippen LogP contribution >= 0.6 is 0 Å². The maximum atomic E-state index is 13.5. The van der Waals surface area contributed by atoms with Crippen LogP contribution in [0.25, 0.3) is 72.4 Å². The average Bonchev–Trinajstić information content (AvgIpc) is 3.92. The first-order valence-electron chi connectivity index (χ1n) is 27.1. The van der Waals surface area contributed by atoms with Crippen LogP contribution in [0.4, 0.5) is 4.39 Å². The number of aromatic nitrogens is 3. The monoisotopic (exact) mass is 1050 g/mol. The van der Waals surface area contributed by atoms with E-state index in [2.05, 4.69) is 87.5 Å². The van der Waals surface area contributed by atoms with E-state index < -0.39 is 26.4 Å². The molecule has 1 radical (unpaired) electrons. The van der Waals surface area contributed by atoms with Crippen LogP contribution in [-0.2, 0) is 20.1 Å². The molecule has 1 aliphatic carbocycles. The topological polar surface area (TPSA) is 43.9 Å². The number of benzene rings is 6. The minimum absolute atomic E-state index is 0. The van der Waals surface area contributed by atoms with Crippen molar-refractivity contribution in [3.8, 4) is 39.5 Å². The third-order valence-electron chi connectivity index (χ3n) is 12.7. The fourth-order valence-corrected chi connectivity index (χ4v) is 9.01. The Bertz CT molecular complexity index is 3520. The van der Waals surface area contributed by atoms with Gasteiger partial charge in [-0.25, -0.2) is 0 Å². The van der Waals surface area contributed by atoms with Crippen molar-refractivity contribution in [3.05, 3.63) is 173 Å². The van der Waals surface area contributed by atoms with Crippen LogP contribution in [0.2, 0.25) is 0 Å². The molecule has 0 N–H and O–H groups in total. The summed E-state index contributed by atoms with van der Waals surface area (Å²) >= 11 is 0. The maximum Gasteiger partial charge on any atom is 0.121 e. The van der Waals surface area contributed by atoms with Crippen molar-refractivity contribution in [2.75, 3.05) is 0 Å². The first kappa shape index (κ1) is 34.6. The third kappa shape index (κ3) is 9.13. The summed E-state index contributed by atoms with van der Waals surface area (Å²) in [6, 6.07) is 40.2. The zero-order valence-corrected chi connectivity index (χ0v) is 39.9. The van der Waals surface area contributed by atoms with Crippen molar-refractivity contribution in [3.63, 3.8) is 0 Å². The van der Waals surface area contributed by atoms with E-state index in [1.165, 1.54) is 47.3 Å². The van der Waals surface area contributed by atoms with Crippen LogP contribution in [0.5, 0.6) is 0 Å². The van der Waals surface area contributed by atoms with Gasteiger partial charge in [-0.15, -0.1) is 48.0 Å². The average molecular weight is 1050 g/mol. The van der Waals surface area contributed by atoms with E-state index >= 15 is 0 Å². The molecular weight excluding hydrogens is 978 g/mol. The van der Waals surface area contributed by atoms with Gasteiger partial charge in [0, 0.05) is 56.9 Å². The second kappa shape index (κ2) is 18.7. The zero-order chi connectivity index (χ0) is 53.3. The Morgan fingerprint density at radius 1 is 0.800 bits per heavy atom. The van der Waals surface area contributed by atoms with Gasteiger partial charge in [0.1, 0.15) is 5.58 Å². The maximum absolute atomic E-state index is 13.5. The molecule has 3 aromatic heterocycles. The number of para-hydroxylation sites is 3. The molecule has 4 nitrogen and oxygen atoms in total. The molecule has 6 aromatic carbocycles. The number of hydrogen-bond acceptors (Lipinski definition) is 3. The van der Waals surface area contributed by atoms with Gasteiger partial charge >= 0.3 is 0 Å². The fourth-order valence-electron chi connectivity index (χ4n) is 9.01. The van der Waals surface area contributed by atoms with Gasteiger partial charge in [0.2, 0.25) is 0 Å². The second-order valence-electron chi connectivity index (χ2n) is 18.3.